The summed E-state index contributed by atoms with van der Waals surface area (Å²) >= 11 is 0. The Labute approximate surface area is 152 Å². The second-order valence-corrected chi connectivity index (χ2v) is 7.45. The number of amides is 1. The van der Waals surface area contributed by atoms with E-state index in [1.54, 1.807) is 24.3 Å². The second-order valence-electron chi connectivity index (χ2n) is 5.68. The van der Waals surface area contributed by atoms with Crippen LogP contribution in [0.15, 0.2) is 47.4 Å². The number of hydrogen-bond acceptors (Lipinski definition) is 4. The highest BCUT2D eigenvalue weighted by Gasteiger charge is 2.17. The maximum atomic E-state index is 13.3. The van der Waals surface area contributed by atoms with Crippen molar-refractivity contribution in [2.75, 3.05) is 25.1 Å². The normalized spacial score (nSPS) is 11.2. The van der Waals surface area contributed by atoms with Gasteiger partial charge in [0, 0.05) is 31.8 Å². The molecule has 0 aliphatic heterocycles. The maximum Gasteiger partial charge on any atom is 0.240 e. The summed E-state index contributed by atoms with van der Waals surface area (Å²) in [6.07, 6.45) is 0. The van der Waals surface area contributed by atoms with E-state index < -0.39 is 15.8 Å². The first kappa shape index (κ1) is 19.9. The number of nitrogens with one attached hydrogen (secondary N) is 1. The molecule has 0 saturated heterocycles. The molecule has 0 saturated carbocycles. The number of carbonyl (C=O) groups excluding carboxylic acids is 1. The fourth-order valence-electron chi connectivity index (χ4n) is 2.41. The summed E-state index contributed by atoms with van der Waals surface area (Å²) < 4.78 is 45.5. The van der Waals surface area contributed by atoms with Crippen LogP contribution in [0, 0.1) is 12.7 Å². The lowest BCUT2D eigenvalue weighted by Gasteiger charge is -2.22. The molecule has 0 fully saturated rings. The highest BCUT2D eigenvalue weighted by molar-refractivity contribution is 7.89. The van der Waals surface area contributed by atoms with Crippen LogP contribution in [-0.4, -0.2) is 34.5 Å². The van der Waals surface area contributed by atoms with Crippen LogP contribution in [0.25, 0.3) is 0 Å². The van der Waals surface area contributed by atoms with E-state index in [0.717, 1.165) is 6.07 Å². The van der Waals surface area contributed by atoms with Crippen molar-refractivity contribution in [3.63, 3.8) is 0 Å². The van der Waals surface area contributed by atoms with Crippen LogP contribution in [0.1, 0.15) is 12.5 Å². The van der Waals surface area contributed by atoms with Crippen LogP contribution < -0.4 is 14.4 Å². The monoisotopic (exact) mass is 380 g/mol. The van der Waals surface area contributed by atoms with Gasteiger partial charge in [-0.3, -0.25) is 4.79 Å². The Kier molecular flexibility index (Phi) is 6.33. The molecule has 140 valence electrons. The summed E-state index contributed by atoms with van der Waals surface area (Å²) in [7, 11) is -2.27. The van der Waals surface area contributed by atoms with Gasteiger partial charge < -0.3 is 9.64 Å². The lowest BCUT2D eigenvalue weighted by molar-refractivity contribution is -0.116. The minimum Gasteiger partial charge on any atom is -0.497 e. The quantitative estimate of drug-likeness (QED) is 0.801. The summed E-state index contributed by atoms with van der Waals surface area (Å²) in [6.45, 7) is 3.05. The molecule has 6 nitrogen and oxygen atoms in total. The van der Waals surface area contributed by atoms with Gasteiger partial charge in [0.05, 0.1) is 12.0 Å². The summed E-state index contributed by atoms with van der Waals surface area (Å²) in [6, 6.07) is 10.5. The molecule has 2 rings (SSSR count). The van der Waals surface area contributed by atoms with E-state index in [1.807, 2.05) is 0 Å². The zero-order chi connectivity index (χ0) is 19.3. The Bertz CT molecular complexity index is 900. The third-order valence-electron chi connectivity index (χ3n) is 3.81. The minimum atomic E-state index is -3.80. The van der Waals surface area contributed by atoms with Gasteiger partial charge in [0.25, 0.3) is 0 Å². The molecule has 2 aromatic carbocycles. The van der Waals surface area contributed by atoms with Crippen molar-refractivity contribution in [1.82, 2.24) is 4.72 Å². The van der Waals surface area contributed by atoms with Gasteiger partial charge in [-0.1, -0.05) is 6.07 Å². The number of halogens is 1. The Morgan fingerprint density at radius 2 is 1.96 bits per heavy atom. The van der Waals surface area contributed by atoms with Crippen molar-refractivity contribution in [2.45, 2.75) is 18.7 Å². The summed E-state index contributed by atoms with van der Waals surface area (Å²) in [4.78, 5) is 13.3. The summed E-state index contributed by atoms with van der Waals surface area (Å²) in [5.74, 6) is -0.101. The Morgan fingerprint density at radius 1 is 1.23 bits per heavy atom. The number of ether oxygens (including phenoxy) is 1. The number of benzene rings is 2. The smallest absolute Gasteiger partial charge is 0.240 e. The molecule has 0 spiro atoms. The van der Waals surface area contributed by atoms with Gasteiger partial charge in [0.15, 0.2) is 0 Å². The Balaban J connectivity index is 2.09. The fourth-order valence-corrected chi connectivity index (χ4v) is 3.51. The third kappa shape index (κ3) is 4.80. The molecule has 0 bridgehead atoms. The highest BCUT2D eigenvalue weighted by atomic mass is 32.2. The minimum absolute atomic E-state index is 0.00947. The largest absolute Gasteiger partial charge is 0.497 e. The molecule has 26 heavy (non-hydrogen) atoms. The van der Waals surface area contributed by atoms with Crippen LogP contribution in [0.3, 0.4) is 0 Å². The number of rotatable bonds is 7. The first-order valence-electron chi connectivity index (χ1n) is 7.92. The zero-order valence-corrected chi connectivity index (χ0v) is 15.6. The van der Waals surface area contributed by atoms with Crippen molar-refractivity contribution < 1.29 is 22.3 Å². The van der Waals surface area contributed by atoms with Crippen molar-refractivity contribution in [1.29, 1.82) is 0 Å². The lowest BCUT2D eigenvalue weighted by atomic mass is 10.2. The van der Waals surface area contributed by atoms with E-state index in [2.05, 4.69) is 4.72 Å². The molecule has 0 aliphatic rings. The number of sulfonamides is 1. The molecule has 0 atom stereocenters. The summed E-state index contributed by atoms with van der Waals surface area (Å²) in [5.41, 5.74) is 0.850. The Morgan fingerprint density at radius 3 is 2.58 bits per heavy atom. The van der Waals surface area contributed by atoms with Crippen molar-refractivity contribution >= 4 is 21.6 Å². The second kappa shape index (κ2) is 8.29. The van der Waals surface area contributed by atoms with Gasteiger partial charge in [0.1, 0.15) is 11.6 Å². The fraction of sp³-hybridized carbons (Fsp3) is 0.278. The molecular weight excluding hydrogens is 359 g/mol. The van der Waals surface area contributed by atoms with Gasteiger partial charge in [-0.05, 0) is 42.8 Å². The topological polar surface area (TPSA) is 75.7 Å². The molecular formula is C18H21FN2O4S. The van der Waals surface area contributed by atoms with Gasteiger partial charge in [-0.15, -0.1) is 0 Å². The van der Waals surface area contributed by atoms with E-state index in [1.165, 1.54) is 38.0 Å². The average Bonchev–Trinajstić information content (AvgIpc) is 2.60. The third-order valence-corrected chi connectivity index (χ3v) is 5.27. The SMILES string of the molecule is COc1cccc(N(CCNS(=O)(=O)c2ccc(F)c(C)c2)C(C)=O)c1. The van der Waals surface area contributed by atoms with E-state index in [-0.39, 0.29) is 29.5 Å². The number of anilines is 1. The standard InChI is InChI=1S/C18H21FN2O4S/c1-13-11-17(7-8-18(13)19)26(23,24)20-9-10-21(14(2)22)15-5-4-6-16(12-15)25-3/h4-8,11-12,20H,9-10H2,1-3H3. The molecule has 0 radical (unpaired) electrons. The van der Waals surface area contributed by atoms with Crippen LogP contribution in [0.4, 0.5) is 10.1 Å². The Hall–Kier alpha value is -2.45. The predicted molar refractivity (Wildman–Crippen MR) is 97.3 cm³/mol. The molecule has 8 heteroatoms. The van der Waals surface area contributed by atoms with Crippen LogP contribution in [-0.2, 0) is 14.8 Å². The number of methoxy groups -OCH3 is 1. The van der Waals surface area contributed by atoms with Crippen molar-refractivity contribution in [2.24, 2.45) is 0 Å². The first-order chi connectivity index (χ1) is 12.2. The zero-order valence-electron chi connectivity index (χ0n) is 14.8. The van der Waals surface area contributed by atoms with Crippen LogP contribution in [0.5, 0.6) is 5.75 Å². The average molecular weight is 380 g/mol. The number of nitrogens with zero attached hydrogens (tertiary/aromatic N) is 1. The molecule has 0 aromatic heterocycles. The van der Waals surface area contributed by atoms with Gasteiger partial charge in [0.2, 0.25) is 15.9 Å². The van der Waals surface area contributed by atoms with Gasteiger partial charge >= 0.3 is 0 Å². The number of hydrogen-bond donors (Lipinski definition) is 1. The molecule has 0 aliphatic carbocycles. The summed E-state index contributed by atoms with van der Waals surface area (Å²) in [5, 5.41) is 0. The molecule has 0 unspecified atom stereocenters. The van der Waals surface area contributed by atoms with Gasteiger partial charge in [-0.2, -0.15) is 0 Å². The van der Waals surface area contributed by atoms with E-state index in [0.29, 0.717) is 11.4 Å². The first-order valence-corrected chi connectivity index (χ1v) is 9.41. The van der Waals surface area contributed by atoms with E-state index in [4.69, 9.17) is 4.74 Å². The van der Waals surface area contributed by atoms with Crippen molar-refractivity contribution in [3.8, 4) is 5.75 Å². The maximum absolute atomic E-state index is 13.3. The van der Waals surface area contributed by atoms with Crippen LogP contribution in [0.2, 0.25) is 0 Å². The van der Waals surface area contributed by atoms with E-state index in [9.17, 15) is 17.6 Å². The molecule has 2 aromatic rings. The van der Waals surface area contributed by atoms with Crippen molar-refractivity contribution in [3.05, 3.63) is 53.8 Å². The van der Waals surface area contributed by atoms with Gasteiger partial charge in [-0.25, -0.2) is 17.5 Å². The molecule has 0 heterocycles. The van der Waals surface area contributed by atoms with E-state index >= 15 is 0 Å². The predicted octanol–water partition coefficient (Wildman–Crippen LogP) is 2.47. The highest BCUT2D eigenvalue weighted by Crippen LogP contribution is 2.21. The molecule has 1 N–H and O–H groups in total. The van der Waals surface area contributed by atoms with Crippen LogP contribution >= 0.6 is 0 Å². The lowest BCUT2D eigenvalue weighted by Crippen LogP contribution is -2.37. The number of carbonyl (C=O) groups is 1. The number of aryl methyl sites for hydroxylation is 1. The molecule has 1 amide bonds.